The number of hydrogen-bond acceptors (Lipinski definition) is 4. The van der Waals surface area contributed by atoms with E-state index in [0.717, 1.165) is 18.5 Å². The fraction of sp³-hybridized carbons (Fsp3) is 0.143. The smallest absolute Gasteiger partial charge is 0.249 e. The van der Waals surface area contributed by atoms with Crippen LogP contribution >= 0.6 is 0 Å². The van der Waals surface area contributed by atoms with Crippen molar-refractivity contribution >= 4 is 29.4 Å². The van der Waals surface area contributed by atoms with E-state index in [-0.39, 0.29) is 11.8 Å². The number of benzene rings is 1. The molecule has 142 valence electrons. The Kier molecular flexibility index (Phi) is 6.30. The number of amides is 2. The maximum absolute atomic E-state index is 12.1. The molecule has 0 aliphatic rings. The van der Waals surface area contributed by atoms with Gasteiger partial charge in [0.2, 0.25) is 11.8 Å². The van der Waals surface area contributed by atoms with Gasteiger partial charge in [0, 0.05) is 49.9 Å². The summed E-state index contributed by atoms with van der Waals surface area (Å²) in [7, 11) is 0. The van der Waals surface area contributed by atoms with Gasteiger partial charge >= 0.3 is 0 Å². The number of carbonyl (C=O) groups is 2. The first-order chi connectivity index (χ1) is 13.6. The lowest BCUT2D eigenvalue weighted by Crippen LogP contribution is -2.09. The van der Waals surface area contributed by atoms with Gasteiger partial charge in [-0.1, -0.05) is 12.1 Å². The highest BCUT2D eigenvalue weighted by Gasteiger charge is 2.03. The van der Waals surface area contributed by atoms with Crippen LogP contribution in [0.1, 0.15) is 18.1 Å². The maximum Gasteiger partial charge on any atom is 0.249 e. The summed E-state index contributed by atoms with van der Waals surface area (Å²) in [6, 6.07) is 12.9. The summed E-state index contributed by atoms with van der Waals surface area (Å²) >= 11 is 0. The predicted molar refractivity (Wildman–Crippen MR) is 109 cm³/mol. The van der Waals surface area contributed by atoms with Gasteiger partial charge in [0.05, 0.1) is 0 Å². The van der Waals surface area contributed by atoms with E-state index in [0.29, 0.717) is 11.5 Å². The van der Waals surface area contributed by atoms with Crippen LogP contribution < -0.4 is 10.6 Å². The van der Waals surface area contributed by atoms with E-state index in [1.165, 1.54) is 18.6 Å². The average molecular weight is 375 g/mol. The molecule has 0 aliphatic heterocycles. The van der Waals surface area contributed by atoms with Crippen molar-refractivity contribution < 1.29 is 9.59 Å². The highest BCUT2D eigenvalue weighted by Crippen LogP contribution is 2.11. The number of nitrogens with one attached hydrogen (secondary N) is 2. The Balaban J connectivity index is 1.50. The van der Waals surface area contributed by atoms with Gasteiger partial charge in [0.1, 0.15) is 0 Å². The summed E-state index contributed by atoms with van der Waals surface area (Å²) in [6.07, 6.45) is 9.36. The van der Waals surface area contributed by atoms with Crippen molar-refractivity contribution in [3.8, 4) is 0 Å². The largest absolute Gasteiger partial charge is 0.326 e. The van der Waals surface area contributed by atoms with Gasteiger partial charge < -0.3 is 10.6 Å². The molecule has 2 heterocycles. The Morgan fingerprint density at radius 3 is 2.50 bits per heavy atom. The van der Waals surface area contributed by atoms with E-state index in [2.05, 4.69) is 20.7 Å². The molecule has 0 fully saturated rings. The zero-order valence-corrected chi connectivity index (χ0v) is 15.5. The topological polar surface area (TPSA) is 88.9 Å². The molecule has 7 heteroatoms. The van der Waals surface area contributed by atoms with Gasteiger partial charge in [-0.3, -0.25) is 19.3 Å². The van der Waals surface area contributed by atoms with Crippen LogP contribution in [-0.4, -0.2) is 26.6 Å². The molecular weight excluding hydrogens is 354 g/mol. The highest BCUT2D eigenvalue weighted by molar-refractivity contribution is 6.01. The van der Waals surface area contributed by atoms with E-state index in [4.69, 9.17) is 0 Å². The van der Waals surface area contributed by atoms with Crippen LogP contribution in [0.4, 0.5) is 11.5 Å². The second-order valence-electron chi connectivity index (χ2n) is 6.20. The maximum atomic E-state index is 12.1. The van der Waals surface area contributed by atoms with Crippen LogP contribution in [-0.2, 0) is 22.6 Å². The van der Waals surface area contributed by atoms with Crippen molar-refractivity contribution in [2.24, 2.45) is 0 Å². The van der Waals surface area contributed by atoms with Crippen molar-refractivity contribution in [1.29, 1.82) is 0 Å². The molecule has 7 nitrogen and oxygen atoms in total. The summed E-state index contributed by atoms with van der Waals surface area (Å²) < 4.78 is 1.79. The zero-order chi connectivity index (χ0) is 19.8. The number of anilines is 2. The van der Waals surface area contributed by atoms with Gasteiger partial charge in [-0.2, -0.15) is 5.10 Å². The molecule has 2 aromatic heterocycles. The molecule has 0 bridgehead atoms. The van der Waals surface area contributed by atoms with E-state index < -0.39 is 0 Å². The number of pyridine rings is 1. The quantitative estimate of drug-likeness (QED) is 0.621. The van der Waals surface area contributed by atoms with Crippen LogP contribution in [0.25, 0.3) is 6.08 Å². The Labute approximate surface area is 163 Å². The van der Waals surface area contributed by atoms with Gasteiger partial charge in [0.25, 0.3) is 0 Å². The molecule has 0 spiro atoms. The molecular formula is C21H21N5O2. The average Bonchev–Trinajstić information content (AvgIpc) is 3.13. The third-order valence-corrected chi connectivity index (χ3v) is 3.93. The first-order valence-corrected chi connectivity index (χ1v) is 8.87. The van der Waals surface area contributed by atoms with Gasteiger partial charge in [0.15, 0.2) is 5.82 Å². The lowest BCUT2D eigenvalue weighted by Gasteiger charge is -2.02. The fourth-order valence-electron chi connectivity index (χ4n) is 2.57. The van der Waals surface area contributed by atoms with Gasteiger partial charge in [-0.05, 0) is 47.9 Å². The van der Waals surface area contributed by atoms with E-state index >= 15 is 0 Å². The van der Waals surface area contributed by atoms with E-state index in [1.807, 2.05) is 30.5 Å². The van der Waals surface area contributed by atoms with Crippen LogP contribution in [0.5, 0.6) is 0 Å². The SMILES string of the molecule is CC(=O)Nc1ccc(C=CC(=O)Nc2ccn(CCc3ccncc3)n2)cc1. The Morgan fingerprint density at radius 2 is 1.79 bits per heavy atom. The number of hydrogen-bond donors (Lipinski definition) is 2. The minimum Gasteiger partial charge on any atom is -0.326 e. The molecule has 3 rings (SSSR count). The summed E-state index contributed by atoms with van der Waals surface area (Å²) in [4.78, 5) is 27.1. The Hall–Kier alpha value is -3.74. The summed E-state index contributed by atoms with van der Waals surface area (Å²) in [5, 5.41) is 9.79. The van der Waals surface area contributed by atoms with E-state index in [9.17, 15) is 9.59 Å². The van der Waals surface area contributed by atoms with Gasteiger partial charge in [-0.15, -0.1) is 0 Å². The molecule has 0 saturated carbocycles. The van der Waals surface area contributed by atoms with Crippen molar-refractivity contribution in [3.05, 3.63) is 78.3 Å². The first kappa shape index (κ1) is 19.0. The van der Waals surface area contributed by atoms with Crippen molar-refractivity contribution in [2.45, 2.75) is 19.9 Å². The Bertz CT molecular complexity index is 962. The molecule has 2 N–H and O–H groups in total. The number of nitrogens with zero attached hydrogens (tertiary/aromatic N) is 3. The second-order valence-corrected chi connectivity index (χ2v) is 6.20. The molecule has 0 aliphatic carbocycles. The molecule has 0 saturated heterocycles. The van der Waals surface area contributed by atoms with Crippen molar-refractivity contribution in [2.75, 3.05) is 10.6 Å². The molecule has 28 heavy (non-hydrogen) atoms. The third-order valence-electron chi connectivity index (χ3n) is 3.93. The van der Waals surface area contributed by atoms with Crippen LogP contribution in [0.15, 0.2) is 67.1 Å². The van der Waals surface area contributed by atoms with Crippen LogP contribution in [0.3, 0.4) is 0 Å². The molecule has 0 radical (unpaired) electrons. The molecule has 1 aromatic carbocycles. The molecule has 0 unspecified atom stereocenters. The first-order valence-electron chi connectivity index (χ1n) is 8.87. The minimum atomic E-state index is -0.259. The Morgan fingerprint density at radius 1 is 1.04 bits per heavy atom. The number of rotatable bonds is 7. The minimum absolute atomic E-state index is 0.122. The summed E-state index contributed by atoms with van der Waals surface area (Å²) in [5.41, 5.74) is 2.75. The molecule has 3 aromatic rings. The van der Waals surface area contributed by atoms with E-state index in [1.54, 1.807) is 41.4 Å². The molecule has 0 atom stereocenters. The van der Waals surface area contributed by atoms with Crippen molar-refractivity contribution in [1.82, 2.24) is 14.8 Å². The predicted octanol–water partition coefficient (Wildman–Crippen LogP) is 3.13. The normalized spacial score (nSPS) is 10.8. The lowest BCUT2D eigenvalue weighted by molar-refractivity contribution is -0.114. The van der Waals surface area contributed by atoms with Crippen molar-refractivity contribution in [3.63, 3.8) is 0 Å². The number of carbonyl (C=O) groups excluding carboxylic acids is 2. The zero-order valence-electron chi connectivity index (χ0n) is 15.5. The monoisotopic (exact) mass is 375 g/mol. The standard InChI is InChI=1S/C21H21N5O2/c1-16(27)23-19-5-2-17(3-6-19)4-7-21(28)24-20-11-15-26(25-20)14-10-18-8-12-22-13-9-18/h2-9,11-13,15H,10,14H2,1H3,(H,23,27)(H,24,25,28). The summed E-state index contributed by atoms with van der Waals surface area (Å²) in [5.74, 6) is 0.124. The van der Waals surface area contributed by atoms with Crippen LogP contribution in [0.2, 0.25) is 0 Å². The third kappa shape index (κ3) is 5.91. The van der Waals surface area contributed by atoms with Crippen LogP contribution in [0, 0.1) is 0 Å². The second kappa shape index (κ2) is 9.27. The highest BCUT2D eigenvalue weighted by atomic mass is 16.2. The number of aromatic nitrogens is 3. The fourth-order valence-corrected chi connectivity index (χ4v) is 2.57. The summed E-state index contributed by atoms with van der Waals surface area (Å²) in [6.45, 7) is 2.18. The lowest BCUT2D eigenvalue weighted by atomic mass is 10.2. The molecule has 2 amide bonds. The van der Waals surface area contributed by atoms with Gasteiger partial charge in [-0.25, -0.2) is 0 Å². The number of aryl methyl sites for hydroxylation is 2.